The first-order chi connectivity index (χ1) is 11.8. The molecule has 6 nitrogen and oxygen atoms in total. The monoisotopic (exact) mass is 322 g/mol. The Labute approximate surface area is 141 Å². The van der Waals surface area contributed by atoms with Crippen LogP contribution in [0, 0.1) is 5.92 Å². The Morgan fingerprint density at radius 2 is 2.00 bits per heavy atom. The maximum Gasteiger partial charge on any atom is 0.209 e. The van der Waals surface area contributed by atoms with E-state index < -0.39 is 0 Å². The SMILES string of the molecule is Nc1nc(NCC(c2ccccc2)C2CCCC2)cc2nncn12. The standard InChI is InChI=1S/C18H22N6/c19-18-22-16(10-17-23-21-12-24(17)18)20-11-15(14-8-4-5-9-14)13-6-2-1-3-7-13/h1-3,6-7,10,12,14-15,20H,4-5,8-9,11H2,(H2,19,22). The second-order valence-electron chi connectivity index (χ2n) is 6.50. The van der Waals surface area contributed by atoms with Gasteiger partial charge in [-0.2, -0.15) is 4.98 Å². The lowest BCUT2D eigenvalue weighted by Crippen LogP contribution is -2.20. The summed E-state index contributed by atoms with van der Waals surface area (Å²) in [7, 11) is 0. The van der Waals surface area contributed by atoms with Crippen LogP contribution >= 0.6 is 0 Å². The lowest BCUT2D eigenvalue weighted by molar-refractivity contribution is 0.448. The maximum atomic E-state index is 5.97. The van der Waals surface area contributed by atoms with Gasteiger partial charge in [-0.3, -0.25) is 4.40 Å². The van der Waals surface area contributed by atoms with Gasteiger partial charge in [0, 0.05) is 18.5 Å². The van der Waals surface area contributed by atoms with E-state index in [0.717, 1.165) is 18.3 Å². The first-order valence-electron chi connectivity index (χ1n) is 8.56. The molecule has 1 saturated carbocycles. The van der Waals surface area contributed by atoms with Gasteiger partial charge in [0.2, 0.25) is 5.95 Å². The number of nitrogens with two attached hydrogens (primary N) is 1. The van der Waals surface area contributed by atoms with E-state index in [9.17, 15) is 0 Å². The molecule has 0 amide bonds. The van der Waals surface area contributed by atoms with Crippen LogP contribution in [0.1, 0.15) is 37.2 Å². The number of nitrogen functional groups attached to an aromatic ring is 1. The van der Waals surface area contributed by atoms with E-state index in [4.69, 9.17) is 5.73 Å². The first-order valence-corrected chi connectivity index (χ1v) is 8.56. The van der Waals surface area contributed by atoms with Crippen molar-refractivity contribution in [1.82, 2.24) is 19.6 Å². The number of anilines is 2. The molecule has 2 heterocycles. The van der Waals surface area contributed by atoms with Gasteiger partial charge in [-0.15, -0.1) is 10.2 Å². The molecule has 3 N–H and O–H groups in total. The first kappa shape index (κ1) is 14.9. The van der Waals surface area contributed by atoms with E-state index >= 15 is 0 Å². The van der Waals surface area contributed by atoms with Crippen molar-refractivity contribution < 1.29 is 0 Å². The number of nitrogens with zero attached hydrogens (tertiary/aromatic N) is 4. The van der Waals surface area contributed by atoms with Gasteiger partial charge in [0.1, 0.15) is 12.1 Å². The van der Waals surface area contributed by atoms with Crippen LogP contribution in [0.4, 0.5) is 11.8 Å². The molecule has 3 aromatic rings. The molecule has 0 radical (unpaired) electrons. The fourth-order valence-electron chi connectivity index (χ4n) is 3.77. The number of hydrogen-bond donors (Lipinski definition) is 2. The van der Waals surface area contributed by atoms with Crippen molar-refractivity contribution in [3.05, 3.63) is 48.3 Å². The molecule has 0 saturated heterocycles. The van der Waals surface area contributed by atoms with Gasteiger partial charge in [0.25, 0.3) is 0 Å². The number of hydrogen-bond acceptors (Lipinski definition) is 5. The molecule has 1 aromatic carbocycles. The largest absolute Gasteiger partial charge is 0.369 e. The van der Waals surface area contributed by atoms with Crippen LogP contribution in [0.5, 0.6) is 0 Å². The fraction of sp³-hybridized carbons (Fsp3) is 0.389. The average molecular weight is 322 g/mol. The van der Waals surface area contributed by atoms with E-state index in [0.29, 0.717) is 17.5 Å². The zero-order valence-electron chi connectivity index (χ0n) is 13.6. The highest BCUT2D eigenvalue weighted by atomic mass is 15.3. The van der Waals surface area contributed by atoms with Crippen LogP contribution in [0.15, 0.2) is 42.7 Å². The molecule has 6 heteroatoms. The van der Waals surface area contributed by atoms with Crippen molar-refractivity contribution in [3.63, 3.8) is 0 Å². The van der Waals surface area contributed by atoms with Crippen molar-refractivity contribution in [1.29, 1.82) is 0 Å². The summed E-state index contributed by atoms with van der Waals surface area (Å²) in [5.74, 6) is 2.38. The maximum absolute atomic E-state index is 5.97. The van der Waals surface area contributed by atoms with Gasteiger partial charge in [0.15, 0.2) is 5.65 Å². The summed E-state index contributed by atoms with van der Waals surface area (Å²) < 4.78 is 1.68. The lowest BCUT2D eigenvalue weighted by Gasteiger charge is -2.24. The van der Waals surface area contributed by atoms with Gasteiger partial charge < -0.3 is 11.1 Å². The third kappa shape index (κ3) is 2.91. The number of benzene rings is 1. The summed E-state index contributed by atoms with van der Waals surface area (Å²) >= 11 is 0. The minimum Gasteiger partial charge on any atom is -0.369 e. The Hall–Kier alpha value is -2.63. The number of nitrogens with one attached hydrogen (secondary N) is 1. The molecule has 1 aliphatic rings. The molecule has 124 valence electrons. The van der Waals surface area contributed by atoms with Gasteiger partial charge in [-0.1, -0.05) is 43.2 Å². The van der Waals surface area contributed by atoms with Crippen molar-refractivity contribution >= 4 is 17.4 Å². The highest BCUT2D eigenvalue weighted by Gasteiger charge is 2.26. The van der Waals surface area contributed by atoms with Gasteiger partial charge in [0.05, 0.1) is 0 Å². The van der Waals surface area contributed by atoms with Crippen LogP contribution < -0.4 is 11.1 Å². The second-order valence-corrected chi connectivity index (χ2v) is 6.50. The van der Waals surface area contributed by atoms with Crippen molar-refractivity contribution in [2.75, 3.05) is 17.6 Å². The lowest BCUT2D eigenvalue weighted by atomic mass is 9.85. The summed E-state index contributed by atoms with van der Waals surface area (Å²) in [5, 5.41) is 11.4. The minimum absolute atomic E-state index is 0.400. The van der Waals surface area contributed by atoms with E-state index in [1.165, 1.54) is 31.2 Å². The van der Waals surface area contributed by atoms with Crippen LogP contribution in [-0.2, 0) is 0 Å². The average Bonchev–Trinajstić information content (AvgIpc) is 3.28. The topological polar surface area (TPSA) is 81.1 Å². The Kier molecular flexibility index (Phi) is 4.02. The van der Waals surface area contributed by atoms with Crippen LogP contribution in [-0.4, -0.2) is 26.1 Å². The van der Waals surface area contributed by atoms with Crippen molar-refractivity contribution in [3.8, 4) is 0 Å². The fourth-order valence-corrected chi connectivity index (χ4v) is 3.77. The zero-order chi connectivity index (χ0) is 16.4. The Morgan fingerprint density at radius 3 is 2.79 bits per heavy atom. The summed E-state index contributed by atoms with van der Waals surface area (Å²) in [6.45, 7) is 0.853. The van der Waals surface area contributed by atoms with E-state index in [-0.39, 0.29) is 0 Å². The quantitative estimate of drug-likeness (QED) is 0.754. The number of rotatable bonds is 5. The van der Waals surface area contributed by atoms with Gasteiger partial charge >= 0.3 is 0 Å². The van der Waals surface area contributed by atoms with Crippen LogP contribution in [0.25, 0.3) is 5.65 Å². The second kappa shape index (κ2) is 6.47. The third-order valence-electron chi connectivity index (χ3n) is 5.02. The molecule has 1 atom stereocenters. The predicted octanol–water partition coefficient (Wildman–Crippen LogP) is 3.09. The summed E-state index contributed by atoms with van der Waals surface area (Å²) in [6, 6.07) is 12.7. The molecule has 4 rings (SSSR count). The molecular formula is C18H22N6. The van der Waals surface area contributed by atoms with E-state index in [2.05, 4.69) is 50.8 Å². The van der Waals surface area contributed by atoms with Crippen LogP contribution in [0.3, 0.4) is 0 Å². The Balaban J connectivity index is 1.55. The Morgan fingerprint density at radius 1 is 1.21 bits per heavy atom. The van der Waals surface area contributed by atoms with Crippen molar-refractivity contribution in [2.24, 2.45) is 5.92 Å². The smallest absolute Gasteiger partial charge is 0.209 e. The molecular weight excluding hydrogens is 300 g/mol. The van der Waals surface area contributed by atoms with Crippen LogP contribution in [0.2, 0.25) is 0 Å². The van der Waals surface area contributed by atoms with E-state index in [1.54, 1.807) is 10.7 Å². The number of aromatic nitrogens is 4. The third-order valence-corrected chi connectivity index (χ3v) is 5.02. The molecule has 0 aliphatic heterocycles. The van der Waals surface area contributed by atoms with Gasteiger partial charge in [-0.25, -0.2) is 0 Å². The highest BCUT2D eigenvalue weighted by Crippen LogP contribution is 2.37. The molecule has 1 fully saturated rings. The summed E-state index contributed by atoms with van der Waals surface area (Å²) in [6.07, 6.45) is 6.86. The predicted molar refractivity (Wildman–Crippen MR) is 94.8 cm³/mol. The zero-order valence-corrected chi connectivity index (χ0v) is 13.6. The molecule has 0 bridgehead atoms. The normalized spacial score (nSPS) is 16.5. The summed E-state index contributed by atoms with van der Waals surface area (Å²) in [4.78, 5) is 4.42. The molecule has 24 heavy (non-hydrogen) atoms. The molecule has 1 aliphatic carbocycles. The minimum atomic E-state index is 0.400. The molecule has 0 spiro atoms. The molecule has 2 aromatic heterocycles. The number of fused-ring (bicyclic) bond motifs is 1. The molecule has 1 unspecified atom stereocenters. The van der Waals surface area contributed by atoms with Crippen molar-refractivity contribution in [2.45, 2.75) is 31.6 Å². The summed E-state index contributed by atoms with van der Waals surface area (Å²) in [5.41, 5.74) is 8.08. The highest BCUT2D eigenvalue weighted by molar-refractivity contribution is 5.53. The van der Waals surface area contributed by atoms with E-state index in [1.807, 2.05) is 6.07 Å². The Bertz CT molecular complexity index is 807. The van der Waals surface area contributed by atoms with Gasteiger partial charge in [-0.05, 0) is 24.3 Å².